The fourth-order valence-corrected chi connectivity index (χ4v) is 3.61. The predicted octanol–water partition coefficient (Wildman–Crippen LogP) is 4.47. The average Bonchev–Trinajstić information content (AvgIpc) is 3.19. The summed E-state index contributed by atoms with van der Waals surface area (Å²) in [5.41, 5.74) is 1.80. The van der Waals surface area contributed by atoms with Gasteiger partial charge < -0.3 is 14.6 Å². The Morgan fingerprint density at radius 2 is 1.66 bits per heavy atom. The molecule has 1 saturated heterocycles. The van der Waals surface area contributed by atoms with Crippen molar-refractivity contribution in [3.8, 4) is 11.5 Å². The van der Waals surface area contributed by atoms with Gasteiger partial charge in [-0.2, -0.15) is 13.2 Å². The predicted molar refractivity (Wildman–Crippen MR) is 105 cm³/mol. The van der Waals surface area contributed by atoms with Crippen LogP contribution in [0.2, 0.25) is 0 Å². The monoisotopic (exact) mass is 398 g/mol. The van der Waals surface area contributed by atoms with Crippen LogP contribution in [0.5, 0.6) is 0 Å². The van der Waals surface area contributed by atoms with Crippen LogP contribution in [0, 0.1) is 0 Å². The largest absolute Gasteiger partial charge is 0.435 e. The van der Waals surface area contributed by atoms with E-state index in [4.69, 9.17) is 9.40 Å². The first-order chi connectivity index (χ1) is 14.0. The lowest BCUT2D eigenvalue weighted by Gasteiger charge is -2.28. The highest BCUT2D eigenvalue weighted by atomic mass is 19.4. The minimum absolute atomic E-state index is 0.281. The van der Waals surface area contributed by atoms with E-state index < -0.39 is 11.7 Å². The van der Waals surface area contributed by atoms with E-state index >= 15 is 0 Å². The van der Waals surface area contributed by atoms with E-state index in [1.165, 1.54) is 12.1 Å². The Bertz CT molecular complexity index is 1180. The Kier molecular flexibility index (Phi) is 4.16. The lowest BCUT2D eigenvalue weighted by atomic mass is 10.1. The molecule has 0 aliphatic carbocycles. The summed E-state index contributed by atoms with van der Waals surface area (Å²) in [7, 11) is 0. The fraction of sp³-hybridized carbons (Fsp3) is 0.238. The number of halogens is 3. The Morgan fingerprint density at radius 3 is 2.38 bits per heavy atom. The Balaban J connectivity index is 1.67. The summed E-state index contributed by atoms with van der Waals surface area (Å²) in [5, 5.41) is 4.14. The summed E-state index contributed by atoms with van der Waals surface area (Å²) >= 11 is 0. The Hall–Kier alpha value is -3.13. The molecule has 1 fully saturated rings. The molecule has 1 aliphatic rings. The molecule has 8 heteroatoms. The van der Waals surface area contributed by atoms with Crippen LogP contribution in [-0.2, 0) is 6.18 Å². The summed E-state index contributed by atoms with van der Waals surface area (Å²) < 4.78 is 44.6. The first-order valence-corrected chi connectivity index (χ1v) is 9.33. The van der Waals surface area contributed by atoms with Crippen LogP contribution in [0.15, 0.2) is 52.9 Å². The van der Waals surface area contributed by atoms with Crippen LogP contribution in [-0.4, -0.2) is 36.1 Å². The van der Waals surface area contributed by atoms with Gasteiger partial charge in [-0.25, -0.2) is 9.97 Å². The van der Waals surface area contributed by atoms with Gasteiger partial charge in [-0.3, -0.25) is 0 Å². The van der Waals surface area contributed by atoms with E-state index in [1.807, 2.05) is 24.3 Å². The molecule has 3 heterocycles. The zero-order chi connectivity index (χ0) is 20.0. The van der Waals surface area contributed by atoms with Gasteiger partial charge in [0.15, 0.2) is 16.9 Å². The van der Waals surface area contributed by atoms with Crippen molar-refractivity contribution in [1.29, 1.82) is 0 Å². The quantitative estimate of drug-likeness (QED) is 0.540. The van der Waals surface area contributed by atoms with Gasteiger partial charge in [0.25, 0.3) is 0 Å². The molecule has 148 valence electrons. The normalized spacial score (nSPS) is 15.3. The zero-order valence-corrected chi connectivity index (χ0v) is 15.3. The van der Waals surface area contributed by atoms with Crippen molar-refractivity contribution in [2.45, 2.75) is 6.18 Å². The number of nitrogens with zero attached hydrogens (tertiary/aromatic N) is 3. The van der Waals surface area contributed by atoms with Crippen molar-refractivity contribution in [2.24, 2.45) is 0 Å². The molecule has 0 amide bonds. The number of piperazine rings is 1. The topological polar surface area (TPSA) is 54.2 Å². The highest BCUT2D eigenvalue weighted by molar-refractivity contribution is 6.06. The first-order valence-electron chi connectivity index (χ1n) is 9.33. The maximum absolute atomic E-state index is 12.9. The number of aromatic nitrogens is 2. The fourth-order valence-electron chi connectivity index (χ4n) is 3.61. The molecule has 29 heavy (non-hydrogen) atoms. The number of benzene rings is 2. The molecule has 0 saturated carbocycles. The van der Waals surface area contributed by atoms with Gasteiger partial charge in [-0.1, -0.05) is 12.1 Å². The lowest BCUT2D eigenvalue weighted by molar-refractivity contribution is -0.137. The van der Waals surface area contributed by atoms with Crippen molar-refractivity contribution >= 4 is 27.8 Å². The smallest absolute Gasteiger partial charge is 0.416 e. The van der Waals surface area contributed by atoms with Gasteiger partial charge in [-0.05, 0) is 36.4 Å². The molecule has 0 radical (unpaired) electrons. The summed E-state index contributed by atoms with van der Waals surface area (Å²) in [4.78, 5) is 11.6. The minimum Gasteiger partial charge on any atom is -0.435 e. The van der Waals surface area contributed by atoms with Crippen molar-refractivity contribution in [2.75, 3.05) is 31.1 Å². The molecular weight excluding hydrogens is 381 g/mol. The summed E-state index contributed by atoms with van der Waals surface area (Å²) in [6, 6.07) is 12.5. The first kappa shape index (κ1) is 17.9. The molecule has 2 aromatic heterocycles. The molecule has 0 atom stereocenters. The van der Waals surface area contributed by atoms with Crippen molar-refractivity contribution in [3.63, 3.8) is 0 Å². The molecule has 1 aliphatic heterocycles. The van der Waals surface area contributed by atoms with Gasteiger partial charge in [0.05, 0.1) is 11.1 Å². The van der Waals surface area contributed by atoms with E-state index in [0.717, 1.165) is 55.0 Å². The van der Waals surface area contributed by atoms with Crippen LogP contribution in [0.25, 0.3) is 33.5 Å². The SMILES string of the molecule is FC(F)(F)c1ccc(-c2nc3c(N4CCNCC4)nc4ccccc4c3o2)cc1. The van der Waals surface area contributed by atoms with Gasteiger partial charge in [0.1, 0.15) is 0 Å². The van der Waals surface area contributed by atoms with E-state index in [0.29, 0.717) is 16.7 Å². The van der Waals surface area contributed by atoms with Gasteiger partial charge >= 0.3 is 6.18 Å². The van der Waals surface area contributed by atoms with Crippen LogP contribution < -0.4 is 10.2 Å². The number of hydrogen-bond acceptors (Lipinski definition) is 5. The third-order valence-electron chi connectivity index (χ3n) is 5.09. The van der Waals surface area contributed by atoms with E-state index in [2.05, 4.69) is 15.2 Å². The molecular formula is C21H17F3N4O. The number of rotatable bonds is 2. The van der Waals surface area contributed by atoms with E-state index in [9.17, 15) is 13.2 Å². The number of hydrogen-bond donors (Lipinski definition) is 1. The second-order valence-electron chi connectivity index (χ2n) is 6.96. The highest BCUT2D eigenvalue weighted by Gasteiger charge is 2.30. The minimum atomic E-state index is -4.38. The van der Waals surface area contributed by atoms with Crippen LogP contribution in [0.3, 0.4) is 0 Å². The molecule has 5 rings (SSSR count). The van der Waals surface area contributed by atoms with Gasteiger partial charge in [0.2, 0.25) is 5.89 Å². The molecule has 5 nitrogen and oxygen atoms in total. The number of nitrogens with one attached hydrogen (secondary N) is 1. The maximum atomic E-state index is 12.9. The third kappa shape index (κ3) is 3.19. The molecule has 1 N–H and O–H groups in total. The van der Waals surface area contributed by atoms with Gasteiger partial charge in [0, 0.05) is 37.1 Å². The second kappa shape index (κ2) is 6.73. The molecule has 2 aromatic carbocycles. The number of fused-ring (bicyclic) bond motifs is 3. The van der Waals surface area contributed by atoms with Crippen LogP contribution in [0.1, 0.15) is 5.56 Å². The number of anilines is 1. The Morgan fingerprint density at radius 1 is 0.931 bits per heavy atom. The maximum Gasteiger partial charge on any atom is 0.416 e. The second-order valence-corrected chi connectivity index (χ2v) is 6.96. The molecule has 0 unspecified atom stereocenters. The summed E-state index contributed by atoms with van der Waals surface area (Å²) in [5.74, 6) is 1.02. The number of pyridine rings is 1. The van der Waals surface area contributed by atoms with Crippen molar-refractivity contribution in [1.82, 2.24) is 15.3 Å². The zero-order valence-electron chi connectivity index (χ0n) is 15.3. The number of para-hydroxylation sites is 1. The molecule has 4 aromatic rings. The van der Waals surface area contributed by atoms with Crippen molar-refractivity contribution < 1.29 is 17.6 Å². The molecule has 0 spiro atoms. The Labute approximate surface area is 164 Å². The number of alkyl halides is 3. The van der Waals surface area contributed by atoms with E-state index in [1.54, 1.807) is 0 Å². The van der Waals surface area contributed by atoms with Gasteiger partial charge in [-0.15, -0.1) is 0 Å². The highest BCUT2D eigenvalue weighted by Crippen LogP contribution is 2.36. The van der Waals surface area contributed by atoms with Crippen LogP contribution in [0.4, 0.5) is 19.0 Å². The van der Waals surface area contributed by atoms with E-state index in [-0.39, 0.29) is 5.89 Å². The van der Waals surface area contributed by atoms with Crippen LogP contribution >= 0.6 is 0 Å². The molecule has 0 bridgehead atoms. The summed E-state index contributed by atoms with van der Waals surface area (Å²) in [6.45, 7) is 3.28. The third-order valence-corrected chi connectivity index (χ3v) is 5.09. The standard InChI is InChI=1S/C21H17F3N4O/c22-21(23,24)14-7-5-13(6-8-14)20-27-17-18(29-20)15-3-1-2-4-16(15)26-19(17)28-11-9-25-10-12-28/h1-8,25H,9-12H2. The van der Waals surface area contributed by atoms with Crippen molar-refractivity contribution in [3.05, 3.63) is 54.1 Å². The summed E-state index contributed by atoms with van der Waals surface area (Å²) in [6.07, 6.45) is -4.38. The lowest BCUT2D eigenvalue weighted by Crippen LogP contribution is -2.44. The number of oxazole rings is 1. The average molecular weight is 398 g/mol.